The van der Waals surface area contributed by atoms with Crippen molar-refractivity contribution in [1.82, 2.24) is 14.9 Å². The van der Waals surface area contributed by atoms with Gasteiger partial charge in [0.05, 0.1) is 6.10 Å². The lowest BCUT2D eigenvalue weighted by Gasteiger charge is -2.27. The number of benzene rings is 1. The van der Waals surface area contributed by atoms with E-state index < -0.39 is 6.11 Å². The first-order chi connectivity index (χ1) is 22.0. The Hall–Kier alpha value is -4.06. The first-order valence-corrected chi connectivity index (χ1v) is 16.0. The highest BCUT2D eigenvalue weighted by Crippen LogP contribution is 2.28. The molecule has 4 rings (SSSR count). The van der Waals surface area contributed by atoms with E-state index in [0.29, 0.717) is 68.1 Å². The van der Waals surface area contributed by atoms with Crippen molar-refractivity contribution >= 4 is 23.7 Å². The summed E-state index contributed by atoms with van der Waals surface area (Å²) < 4.78 is 38.1. The van der Waals surface area contributed by atoms with Crippen LogP contribution in [-0.4, -0.2) is 53.5 Å². The molecule has 2 N–H and O–H groups in total. The molecule has 12 heteroatoms. The second-order valence-electron chi connectivity index (χ2n) is 12.2. The van der Waals surface area contributed by atoms with E-state index in [4.69, 9.17) is 4.74 Å². The Morgan fingerprint density at radius 3 is 2.57 bits per heavy atom. The quantitative estimate of drug-likeness (QED) is 0.257. The predicted octanol–water partition coefficient (Wildman–Crippen LogP) is 5.68. The molecule has 1 saturated carbocycles. The third-order valence-electron chi connectivity index (χ3n) is 8.34. The molecule has 2 aliphatic rings. The van der Waals surface area contributed by atoms with Gasteiger partial charge in [-0.15, -0.1) is 0 Å². The highest BCUT2D eigenvalue weighted by atomic mass is 19.3. The Kier molecular flexibility index (Phi) is 12.5. The monoisotopic (exact) mass is 641 g/mol. The number of halogens is 2. The van der Waals surface area contributed by atoms with E-state index in [-0.39, 0.29) is 35.6 Å². The van der Waals surface area contributed by atoms with Crippen LogP contribution in [0.25, 0.3) is 0 Å². The average molecular weight is 642 g/mol. The number of hydrogen-bond donors (Lipinski definition) is 2. The van der Waals surface area contributed by atoms with Gasteiger partial charge in [0.25, 0.3) is 5.56 Å². The minimum Gasteiger partial charge on any atom is -0.433 e. The molecule has 1 unspecified atom stereocenters. The fourth-order valence-corrected chi connectivity index (χ4v) is 5.75. The third kappa shape index (κ3) is 11.1. The number of nitrogens with zero attached hydrogens (tertiary/aromatic N) is 3. The van der Waals surface area contributed by atoms with Gasteiger partial charge in [-0.25, -0.2) is 0 Å². The fourth-order valence-electron chi connectivity index (χ4n) is 5.75. The van der Waals surface area contributed by atoms with Crippen molar-refractivity contribution in [2.75, 3.05) is 19.0 Å². The van der Waals surface area contributed by atoms with E-state index in [9.17, 15) is 23.2 Å². The number of pyridine rings is 1. The van der Waals surface area contributed by atoms with Crippen LogP contribution in [0.4, 0.5) is 14.5 Å². The van der Waals surface area contributed by atoms with E-state index >= 15 is 0 Å². The molecule has 0 spiro atoms. The predicted molar refractivity (Wildman–Crippen MR) is 173 cm³/mol. The van der Waals surface area contributed by atoms with Crippen LogP contribution in [-0.2, 0) is 27.4 Å². The topological polar surface area (TPSA) is 114 Å². The van der Waals surface area contributed by atoms with Crippen LogP contribution >= 0.6 is 0 Å². The number of aryl methyl sites for hydroxylation is 1. The smallest absolute Gasteiger partial charge is 0.394 e. The summed E-state index contributed by atoms with van der Waals surface area (Å²) in [6, 6.07) is 9.45. The molecule has 1 aliphatic heterocycles. The van der Waals surface area contributed by atoms with Gasteiger partial charge in [-0.05, 0) is 80.5 Å². The summed E-state index contributed by atoms with van der Waals surface area (Å²) in [5, 5.41) is 11.9. The van der Waals surface area contributed by atoms with Crippen molar-refractivity contribution in [3.05, 3.63) is 70.3 Å². The Morgan fingerprint density at radius 2 is 1.85 bits per heavy atom. The lowest BCUT2D eigenvalue weighted by Crippen LogP contribution is -2.28. The van der Waals surface area contributed by atoms with Gasteiger partial charge in [0, 0.05) is 76.0 Å². The van der Waals surface area contributed by atoms with Gasteiger partial charge in [0.15, 0.2) is 0 Å². The normalized spacial score (nSPS) is 20.1. The van der Waals surface area contributed by atoms with Crippen molar-refractivity contribution in [2.45, 2.75) is 90.5 Å². The summed E-state index contributed by atoms with van der Waals surface area (Å²) >= 11 is 0. The Labute approximate surface area is 268 Å². The number of carbonyl (C=O) groups is 2. The number of nitrogens with one attached hydrogen (secondary N) is 2. The van der Waals surface area contributed by atoms with Gasteiger partial charge in [0.2, 0.25) is 11.8 Å². The summed E-state index contributed by atoms with van der Waals surface area (Å²) in [6.45, 7) is 3.84. The third-order valence-corrected chi connectivity index (χ3v) is 8.34. The van der Waals surface area contributed by atoms with Crippen molar-refractivity contribution in [3.8, 4) is 5.75 Å². The summed E-state index contributed by atoms with van der Waals surface area (Å²) in [5.74, 6) is -0.0299. The summed E-state index contributed by atoms with van der Waals surface area (Å²) in [5.41, 5.74) is 1.53. The zero-order valence-corrected chi connectivity index (χ0v) is 26.8. The molecule has 250 valence electrons. The van der Waals surface area contributed by atoms with Crippen molar-refractivity contribution in [2.24, 2.45) is 16.9 Å². The minimum absolute atomic E-state index is 0.0253. The second kappa shape index (κ2) is 16.5. The van der Waals surface area contributed by atoms with E-state index in [0.717, 1.165) is 32.1 Å². The molecular weight excluding hydrogens is 596 g/mol. The average Bonchev–Trinajstić information content (AvgIpc) is 3.19. The number of unbranched alkanes of at least 4 members (excludes halogenated alkanes) is 1. The van der Waals surface area contributed by atoms with Crippen LogP contribution in [0.15, 0.2) is 64.3 Å². The van der Waals surface area contributed by atoms with Crippen LogP contribution in [0.1, 0.15) is 70.8 Å². The van der Waals surface area contributed by atoms with Crippen LogP contribution in [0.3, 0.4) is 0 Å². The molecule has 1 aromatic heterocycles. The SMILES string of the molecule is COC1CCC(CC(=O)Nc2ccn(CCCCN3C=C(C(=O)NCc4cccc(OC(C)(F)F)c4)C(C)CC=N3)c(=O)c2)CC1. The lowest BCUT2D eigenvalue weighted by atomic mass is 9.85. The number of rotatable bonds is 14. The number of anilines is 1. The van der Waals surface area contributed by atoms with E-state index in [1.165, 1.54) is 18.2 Å². The number of amides is 2. The molecule has 0 radical (unpaired) electrons. The maximum atomic E-state index is 13.2. The summed E-state index contributed by atoms with van der Waals surface area (Å²) in [7, 11) is 1.73. The van der Waals surface area contributed by atoms with Gasteiger partial charge in [0.1, 0.15) is 5.75 Å². The first-order valence-electron chi connectivity index (χ1n) is 16.0. The maximum Gasteiger partial charge on any atom is 0.394 e. The molecule has 1 atom stereocenters. The van der Waals surface area contributed by atoms with E-state index in [2.05, 4.69) is 20.5 Å². The number of aromatic nitrogens is 1. The van der Waals surface area contributed by atoms with Crippen LogP contribution in [0, 0.1) is 11.8 Å². The van der Waals surface area contributed by atoms with Crippen LogP contribution in [0.5, 0.6) is 5.75 Å². The molecule has 2 aromatic rings. The molecule has 2 amide bonds. The summed E-state index contributed by atoms with van der Waals surface area (Å²) in [6.07, 6.45) is 8.59. The fraction of sp³-hybridized carbons (Fsp3) is 0.529. The molecule has 10 nitrogen and oxygen atoms in total. The molecule has 0 saturated heterocycles. The van der Waals surface area contributed by atoms with E-state index in [1.807, 2.05) is 6.92 Å². The zero-order valence-electron chi connectivity index (χ0n) is 26.8. The number of ether oxygens (including phenoxy) is 2. The Morgan fingerprint density at radius 1 is 1.09 bits per heavy atom. The number of alkyl halides is 2. The molecule has 1 aliphatic carbocycles. The number of methoxy groups -OCH3 is 1. The molecule has 0 bridgehead atoms. The van der Waals surface area contributed by atoms with Crippen LogP contribution < -0.4 is 20.9 Å². The molecule has 1 fully saturated rings. The van der Waals surface area contributed by atoms with Crippen molar-refractivity contribution in [3.63, 3.8) is 0 Å². The minimum atomic E-state index is -3.30. The van der Waals surface area contributed by atoms with Crippen molar-refractivity contribution in [1.29, 1.82) is 0 Å². The highest BCUT2D eigenvalue weighted by molar-refractivity contribution is 5.94. The lowest BCUT2D eigenvalue weighted by molar-refractivity contribution is -0.159. The van der Waals surface area contributed by atoms with Gasteiger partial charge < -0.3 is 24.7 Å². The molecular formula is C34H45F2N5O5. The molecule has 46 heavy (non-hydrogen) atoms. The first kappa shape index (κ1) is 34.8. The van der Waals surface area contributed by atoms with E-state index in [1.54, 1.807) is 53.5 Å². The second-order valence-corrected chi connectivity index (χ2v) is 12.2. The van der Waals surface area contributed by atoms with Gasteiger partial charge in [-0.3, -0.25) is 19.4 Å². The largest absolute Gasteiger partial charge is 0.433 e. The number of carbonyl (C=O) groups excluding carboxylic acids is 2. The maximum absolute atomic E-state index is 13.2. The Balaban J connectivity index is 1.22. The number of hydrogen-bond acceptors (Lipinski definition) is 7. The zero-order chi connectivity index (χ0) is 33.1. The standard InChI is InChI=1S/C34H45F2N5O5/c1-24-13-15-38-41(23-30(24)33(44)37-22-26-7-6-8-29(19-26)46-34(2,35)36)17-5-4-16-40-18-14-27(21-32(40)43)39-31(42)20-25-9-11-28(45-3)12-10-25/h6-8,14-15,18-19,21,23-25,28H,4-5,9-13,16-17,20,22H2,1-3H3,(H,37,44)(H,39,42). The van der Waals surface area contributed by atoms with Gasteiger partial charge in [-0.2, -0.15) is 13.9 Å². The van der Waals surface area contributed by atoms with Gasteiger partial charge >= 0.3 is 6.11 Å². The summed E-state index contributed by atoms with van der Waals surface area (Å²) in [4.78, 5) is 38.3. The number of hydrazone groups is 1. The van der Waals surface area contributed by atoms with Crippen LogP contribution in [0.2, 0.25) is 0 Å². The van der Waals surface area contributed by atoms with Gasteiger partial charge in [-0.1, -0.05) is 19.1 Å². The van der Waals surface area contributed by atoms with Crippen molar-refractivity contribution < 1.29 is 27.8 Å². The molecule has 1 aromatic carbocycles. The Bertz CT molecular complexity index is 1450. The highest BCUT2D eigenvalue weighted by Gasteiger charge is 2.24. The molecule has 2 heterocycles.